The predicted octanol–water partition coefficient (Wildman–Crippen LogP) is 1.69. The average molecular weight is 197 g/mol. The summed E-state index contributed by atoms with van der Waals surface area (Å²) in [6.45, 7) is 0. The maximum atomic E-state index is 3.92. The Balaban J connectivity index is -0.000000125. The van der Waals surface area contributed by atoms with Crippen LogP contribution in [0.15, 0.2) is 4.52 Å². The first kappa shape index (κ1) is 16.1. The van der Waals surface area contributed by atoms with E-state index in [2.05, 4.69) is 4.52 Å². The van der Waals surface area contributed by atoms with Crippen molar-refractivity contribution in [2.24, 2.45) is 4.52 Å². The Morgan fingerprint density at radius 1 is 1.38 bits per heavy atom. The zero-order valence-corrected chi connectivity index (χ0v) is 8.97. The molecule has 8 heavy (non-hydrogen) atoms. The van der Waals surface area contributed by atoms with Gasteiger partial charge in [-0.25, -0.2) is 0 Å². The summed E-state index contributed by atoms with van der Waals surface area (Å²) in [4.78, 5) is 0. The summed E-state index contributed by atoms with van der Waals surface area (Å²) in [5.41, 5.74) is 0. The summed E-state index contributed by atoms with van der Waals surface area (Å²) in [6, 6.07) is 0. The van der Waals surface area contributed by atoms with Crippen LogP contribution in [0.5, 0.6) is 0 Å². The van der Waals surface area contributed by atoms with Gasteiger partial charge in [0.05, 0.1) is 8.88 Å². The van der Waals surface area contributed by atoms with Crippen molar-refractivity contribution in [3.8, 4) is 0 Å². The fraction of sp³-hybridized carbons (Fsp3) is 1.00. The summed E-state index contributed by atoms with van der Waals surface area (Å²) in [5.74, 6) is 0. The molecule has 0 amide bonds. The zero-order valence-electron chi connectivity index (χ0n) is 4.92. The molecule has 0 aliphatic rings. The second kappa shape index (κ2) is 11.1. The SMILES string of the molecule is CN(C)PN=[PH3].Cl.Cl. The van der Waals surface area contributed by atoms with Crippen molar-refractivity contribution in [3.63, 3.8) is 0 Å². The second-order valence-corrected chi connectivity index (χ2v) is 3.51. The Morgan fingerprint density at radius 2 is 1.75 bits per heavy atom. The van der Waals surface area contributed by atoms with E-state index in [0.717, 1.165) is 0 Å². The van der Waals surface area contributed by atoms with Crippen molar-refractivity contribution in [2.45, 2.75) is 0 Å². The smallest absolute Gasteiger partial charge is 0.0710 e. The number of rotatable bonds is 2. The molecule has 2 atom stereocenters. The standard InChI is InChI=1S/C2H10N2P2.2ClH/c1-4(2)6-3-5;;/h6H,1-2,5H3;2*1H. The largest absolute Gasteiger partial charge is 0.276 e. The molecule has 0 bridgehead atoms. The maximum absolute atomic E-state index is 3.92. The maximum Gasteiger partial charge on any atom is 0.0710 e. The van der Waals surface area contributed by atoms with Crippen LogP contribution in [0.25, 0.3) is 0 Å². The van der Waals surface area contributed by atoms with Crippen molar-refractivity contribution in [2.75, 3.05) is 14.1 Å². The second-order valence-electron chi connectivity index (χ2n) is 1.15. The minimum atomic E-state index is 0. The van der Waals surface area contributed by atoms with Gasteiger partial charge in [-0.15, -0.1) is 24.8 Å². The third-order valence-electron chi connectivity index (χ3n) is 0.271. The lowest BCUT2D eigenvalue weighted by atomic mass is 11.3. The van der Waals surface area contributed by atoms with Gasteiger partial charge in [-0.05, 0) is 14.1 Å². The monoisotopic (exact) mass is 196 g/mol. The highest BCUT2D eigenvalue weighted by Gasteiger charge is 1.76. The summed E-state index contributed by atoms with van der Waals surface area (Å²) in [7, 11) is 6.31. The van der Waals surface area contributed by atoms with E-state index in [4.69, 9.17) is 0 Å². The fourth-order valence-electron chi connectivity index (χ4n) is 0.141. The minimum absolute atomic E-state index is 0. The quantitative estimate of drug-likeness (QED) is 0.615. The van der Waals surface area contributed by atoms with Crippen LogP contribution in [-0.2, 0) is 0 Å². The molecule has 0 aromatic carbocycles. The van der Waals surface area contributed by atoms with Crippen LogP contribution in [0, 0.1) is 0 Å². The molecule has 0 aromatic heterocycles. The lowest BCUT2D eigenvalue weighted by molar-refractivity contribution is 0.692. The van der Waals surface area contributed by atoms with E-state index in [-0.39, 0.29) is 24.8 Å². The topological polar surface area (TPSA) is 15.6 Å². The van der Waals surface area contributed by atoms with E-state index in [1.165, 1.54) is 0 Å². The molecule has 6 heteroatoms. The lowest BCUT2D eigenvalue weighted by Crippen LogP contribution is -1.92. The average Bonchev–Trinajstić information content (AvgIpc) is 1.35. The molecule has 0 aliphatic carbocycles. The number of hydrogen-bond donors (Lipinski definition) is 0. The van der Waals surface area contributed by atoms with Gasteiger partial charge < -0.3 is 0 Å². The van der Waals surface area contributed by atoms with E-state index in [0.29, 0.717) is 8.88 Å². The normalized spacial score (nSPS) is 8.88. The van der Waals surface area contributed by atoms with E-state index in [1.54, 1.807) is 9.03 Å². The minimum Gasteiger partial charge on any atom is -0.276 e. The number of hydrogen-bond acceptors (Lipinski definition) is 2. The van der Waals surface area contributed by atoms with Gasteiger partial charge in [0.1, 0.15) is 0 Å². The van der Waals surface area contributed by atoms with Gasteiger partial charge in [0.2, 0.25) is 0 Å². The van der Waals surface area contributed by atoms with Crippen LogP contribution < -0.4 is 0 Å². The van der Waals surface area contributed by atoms with Crippen LogP contribution in [0.4, 0.5) is 0 Å². The van der Waals surface area contributed by atoms with Gasteiger partial charge in [0.25, 0.3) is 0 Å². The van der Waals surface area contributed by atoms with Crippen LogP contribution in [0.2, 0.25) is 0 Å². The molecule has 0 fully saturated rings. The van der Waals surface area contributed by atoms with Gasteiger partial charge in [0, 0.05) is 0 Å². The van der Waals surface area contributed by atoms with Crippen molar-refractivity contribution >= 4 is 42.7 Å². The third-order valence-corrected chi connectivity index (χ3v) is 1.24. The first-order valence-electron chi connectivity index (χ1n) is 1.66. The van der Waals surface area contributed by atoms with E-state index >= 15 is 0 Å². The van der Waals surface area contributed by atoms with E-state index in [9.17, 15) is 0 Å². The number of halogens is 2. The van der Waals surface area contributed by atoms with E-state index in [1.807, 2.05) is 18.8 Å². The van der Waals surface area contributed by atoms with Gasteiger partial charge in [-0.3, -0.25) is 9.19 Å². The Bertz CT molecular complexity index is 51.3. The first-order chi connectivity index (χ1) is 2.77. The molecule has 2 nitrogen and oxygen atoms in total. The summed E-state index contributed by atoms with van der Waals surface area (Å²) < 4.78 is 5.97. The summed E-state index contributed by atoms with van der Waals surface area (Å²) >= 11 is 0. The molecule has 0 N–H and O–H groups in total. The Hall–Kier alpha value is 1.20. The summed E-state index contributed by atoms with van der Waals surface area (Å²) in [6.07, 6.45) is 0. The van der Waals surface area contributed by atoms with Crippen molar-refractivity contribution in [1.29, 1.82) is 0 Å². The van der Waals surface area contributed by atoms with Gasteiger partial charge in [0.15, 0.2) is 0 Å². The molecule has 0 rings (SSSR count). The molecular weight excluding hydrogens is 185 g/mol. The molecular formula is C2H12Cl2N2P2. The lowest BCUT2D eigenvalue weighted by Gasteiger charge is -2.00. The highest BCUT2D eigenvalue weighted by molar-refractivity contribution is 7.38. The van der Waals surface area contributed by atoms with Crippen molar-refractivity contribution < 1.29 is 0 Å². The van der Waals surface area contributed by atoms with Crippen LogP contribution in [0.1, 0.15) is 0 Å². The van der Waals surface area contributed by atoms with E-state index < -0.39 is 0 Å². The fourth-order valence-corrected chi connectivity index (χ4v) is 1.27. The molecule has 0 saturated heterocycles. The third kappa shape index (κ3) is 15.7. The van der Waals surface area contributed by atoms with Crippen molar-refractivity contribution in [3.05, 3.63) is 0 Å². The molecule has 2 unspecified atom stereocenters. The summed E-state index contributed by atoms with van der Waals surface area (Å²) in [5, 5.41) is 0. The van der Waals surface area contributed by atoms with Crippen LogP contribution in [0.3, 0.4) is 0 Å². The van der Waals surface area contributed by atoms with Gasteiger partial charge in [-0.2, -0.15) is 0 Å². The van der Waals surface area contributed by atoms with Gasteiger partial charge >= 0.3 is 0 Å². The Labute approximate surface area is 66.4 Å². The Kier molecular flexibility index (Phi) is 22.2. The van der Waals surface area contributed by atoms with Crippen LogP contribution >= 0.6 is 42.7 Å². The Morgan fingerprint density at radius 3 is 1.75 bits per heavy atom. The predicted molar refractivity (Wildman–Crippen MR) is 50.0 cm³/mol. The molecule has 0 saturated carbocycles. The first-order valence-corrected chi connectivity index (χ1v) is 3.18. The molecule has 0 aromatic rings. The highest BCUT2D eigenvalue weighted by atomic mass is 35.5. The molecule has 0 heterocycles. The number of nitrogens with zero attached hydrogens (tertiary/aromatic N) is 2. The molecule has 54 valence electrons. The molecule has 0 radical (unpaired) electrons. The van der Waals surface area contributed by atoms with Crippen molar-refractivity contribution in [1.82, 2.24) is 4.67 Å². The van der Waals surface area contributed by atoms with Crippen LogP contribution in [-0.4, -0.2) is 18.8 Å². The zero-order chi connectivity index (χ0) is 4.99. The highest BCUT2D eigenvalue weighted by Crippen LogP contribution is 2.13. The molecule has 0 aliphatic heterocycles. The molecule has 0 spiro atoms. The van der Waals surface area contributed by atoms with Gasteiger partial charge in [-0.1, -0.05) is 9.03 Å².